The predicted octanol–water partition coefficient (Wildman–Crippen LogP) is 4.44. The Hall–Kier alpha value is -2.48. The van der Waals surface area contributed by atoms with Crippen molar-refractivity contribution in [3.05, 3.63) is 75.4 Å². The van der Waals surface area contributed by atoms with Crippen molar-refractivity contribution in [1.82, 2.24) is 5.32 Å². The molecule has 24 heavy (non-hydrogen) atoms. The largest absolute Gasteiger partial charge is 0.360 e. The summed E-state index contributed by atoms with van der Waals surface area (Å²) in [5.74, 6) is -0.459. The summed E-state index contributed by atoms with van der Waals surface area (Å²) >= 11 is 11.9. The normalized spacial score (nSPS) is 10.8. The minimum atomic E-state index is -0.459. The van der Waals surface area contributed by atoms with Crippen LogP contribution in [0.5, 0.6) is 0 Å². The zero-order valence-electron chi connectivity index (χ0n) is 12.9. The maximum atomic E-state index is 12.1. The molecular formula is C18H15Cl2N3O. The van der Waals surface area contributed by atoms with E-state index in [9.17, 15) is 4.79 Å². The third-order valence-corrected chi connectivity index (χ3v) is 4.03. The van der Waals surface area contributed by atoms with Crippen LogP contribution in [-0.4, -0.2) is 5.91 Å². The fraction of sp³-hybridized carbons (Fsp3) is 0.111. The topological polar surface area (TPSA) is 64.9 Å². The maximum Gasteiger partial charge on any atom is 0.263 e. The van der Waals surface area contributed by atoms with Crippen molar-refractivity contribution >= 4 is 34.8 Å². The lowest BCUT2D eigenvalue weighted by Crippen LogP contribution is -2.24. The van der Waals surface area contributed by atoms with Crippen molar-refractivity contribution in [3.63, 3.8) is 0 Å². The van der Waals surface area contributed by atoms with E-state index < -0.39 is 5.91 Å². The first-order chi connectivity index (χ1) is 11.5. The van der Waals surface area contributed by atoms with Crippen LogP contribution in [0.25, 0.3) is 0 Å². The SMILES string of the molecule is Cc1c(Cl)cccc1N/C=C(/C#N)C(=O)NCc1ccc(Cl)cc1. The minimum Gasteiger partial charge on any atom is -0.360 e. The molecular weight excluding hydrogens is 345 g/mol. The molecule has 0 bridgehead atoms. The molecule has 0 aliphatic rings. The van der Waals surface area contributed by atoms with Gasteiger partial charge in [0.05, 0.1) is 0 Å². The minimum absolute atomic E-state index is 0.0247. The molecule has 0 aliphatic heterocycles. The molecule has 0 atom stereocenters. The molecule has 4 nitrogen and oxygen atoms in total. The molecule has 0 radical (unpaired) electrons. The molecule has 6 heteroatoms. The summed E-state index contributed by atoms with van der Waals surface area (Å²) in [5, 5.41) is 16.0. The Balaban J connectivity index is 2.01. The molecule has 0 unspecified atom stereocenters. The summed E-state index contributed by atoms with van der Waals surface area (Å²) in [6.07, 6.45) is 1.37. The number of nitriles is 1. The van der Waals surface area contributed by atoms with E-state index in [4.69, 9.17) is 28.5 Å². The van der Waals surface area contributed by atoms with Gasteiger partial charge >= 0.3 is 0 Å². The molecule has 0 saturated heterocycles. The van der Waals surface area contributed by atoms with E-state index in [1.54, 1.807) is 24.3 Å². The van der Waals surface area contributed by atoms with Crippen LogP contribution in [0.3, 0.4) is 0 Å². The van der Waals surface area contributed by atoms with Gasteiger partial charge in [-0.1, -0.05) is 41.4 Å². The van der Waals surface area contributed by atoms with Crippen LogP contribution in [0.2, 0.25) is 10.0 Å². The van der Waals surface area contributed by atoms with Crippen molar-refractivity contribution in [2.75, 3.05) is 5.32 Å². The number of carbonyl (C=O) groups is 1. The molecule has 0 fully saturated rings. The molecule has 1 amide bonds. The molecule has 2 aromatic carbocycles. The van der Waals surface area contributed by atoms with Crippen molar-refractivity contribution < 1.29 is 4.79 Å². The number of hydrogen-bond donors (Lipinski definition) is 2. The molecule has 122 valence electrons. The van der Waals surface area contributed by atoms with Crippen LogP contribution in [-0.2, 0) is 11.3 Å². The Bertz CT molecular complexity index is 808. The van der Waals surface area contributed by atoms with Gasteiger partial charge in [0, 0.05) is 28.5 Å². The molecule has 0 aliphatic carbocycles. The first kappa shape index (κ1) is 17.9. The van der Waals surface area contributed by atoms with Crippen LogP contribution in [0.15, 0.2) is 54.2 Å². The van der Waals surface area contributed by atoms with Crippen molar-refractivity contribution in [1.29, 1.82) is 5.26 Å². The first-order valence-electron chi connectivity index (χ1n) is 7.16. The van der Waals surface area contributed by atoms with Crippen LogP contribution in [0.1, 0.15) is 11.1 Å². The predicted molar refractivity (Wildman–Crippen MR) is 96.8 cm³/mol. The van der Waals surface area contributed by atoms with E-state index in [1.165, 1.54) is 6.20 Å². The van der Waals surface area contributed by atoms with Gasteiger partial charge in [0.15, 0.2) is 0 Å². The lowest BCUT2D eigenvalue weighted by molar-refractivity contribution is -0.117. The highest BCUT2D eigenvalue weighted by atomic mass is 35.5. The monoisotopic (exact) mass is 359 g/mol. The van der Waals surface area contributed by atoms with Crippen LogP contribution in [0, 0.1) is 18.3 Å². The lowest BCUT2D eigenvalue weighted by Gasteiger charge is -2.08. The number of rotatable bonds is 5. The van der Waals surface area contributed by atoms with Gasteiger partial charge in [-0.05, 0) is 42.3 Å². The zero-order valence-corrected chi connectivity index (χ0v) is 14.4. The van der Waals surface area contributed by atoms with Crippen LogP contribution >= 0.6 is 23.2 Å². The third kappa shape index (κ3) is 4.76. The van der Waals surface area contributed by atoms with Crippen molar-refractivity contribution in [3.8, 4) is 6.07 Å². The maximum absolute atomic E-state index is 12.1. The molecule has 0 heterocycles. The van der Waals surface area contributed by atoms with E-state index in [0.29, 0.717) is 16.6 Å². The fourth-order valence-electron chi connectivity index (χ4n) is 1.94. The molecule has 0 saturated carbocycles. The Morgan fingerprint density at radius 2 is 1.92 bits per heavy atom. The number of hydrogen-bond acceptors (Lipinski definition) is 3. The quantitative estimate of drug-likeness (QED) is 0.612. The molecule has 0 spiro atoms. The highest BCUT2D eigenvalue weighted by Gasteiger charge is 2.09. The Kier molecular flexibility index (Phi) is 6.25. The first-order valence-corrected chi connectivity index (χ1v) is 7.91. The summed E-state index contributed by atoms with van der Waals surface area (Å²) in [4.78, 5) is 12.1. The van der Waals surface area contributed by atoms with Gasteiger partial charge in [0.2, 0.25) is 0 Å². The van der Waals surface area contributed by atoms with Crippen LogP contribution < -0.4 is 10.6 Å². The Morgan fingerprint density at radius 3 is 2.58 bits per heavy atom. The zero-order chi connectivity index (χ0) is 17.5. The summed E-state index contributed by atoms with van der Waals surface area (Å²) < 4.78 is 0. The second kappa shape index (κ2) is 8.39. The lowest BCUT2D eigenvalue weighted by atomic mass is 10.2. The number of nitrogens with one attached hydrogen (secondary N) is 2. The Morgan fingerprint density at radius 1 is 1.21 bits per heavy atom. The summed E-state index contributed by atoms with van der Waals surface area (Å²) in [7, 11) is 0. The van der Waals surface area contributed by atoms with Gasteiger partial charge in [0.1, 0.15) is 11.6 Å². The van der Waals surface area contributed by atoms with Crippen LogP contribution in [0.4, 0.5) is 5.69 Å². The van der Waals surface area contributed by atoms with E-state index in [2.05, 4.69) is 10.6 Å². The number of benzene rings is 2. The smallest absolute Gasteiger partial charge is 0.263 e. The third-order valence-electron chi connectivity index (χ3n) is 3.37. The van der Waals surface area contributed by atoms with E-state index in [-0.39, 0.29) is 5.57 Å². The van der Waals surface area contributed by atoms with Gasteiger partial charge in [-0.3, -0.25) is 4.79 Å². The molecule has 2 aromatic rings. The van der Waals surface area contributed by atoms with E-state index in [1.807, 2.05) is 31.2 Å². The van der Waals surface area contributed by atoms with E-state index >= 15 is 0 Å². The van der Waals surface area contributed by atoms with E-state index in [0.717, 1.165) is 16.8 Å². The van der Waals surface area contributed by atoms with Gasteiger partial charge in [0.25, 0.3) is 5.91 Å². The highest BCUT2D eigenvalue weighted by Crippen LogP contribution is 2.23. The standard InChI is InChI=1S/C18H15Cl2N3O/c1-12-16(20)3-2-4-17(12)22-11-14(9-21)18(24)23-10-13-5-7-15(19)8-6-13/h2-8,11,22H,10H2,1H3,(H,23,24)/b14-11-. The summed E-state index contributed by atoms with van der Waals surface area (Å²) in [6.45, 7) is 2.16. The number of amides is 1. The average Bonchev–Trinajstić information content (AvgIpc) is 2.58. The van der Waals surface area contributed by atoms with Crippen molar-refractivity contribution in [2.45, 2.75) is 13.5 Å². The summed E-state index contributed by atoms with van der Waals surface area (Å²) in [5.41, 5.74) is 2.45. The Labute approximate surface area is 150 Å². The van der Waals surface area contributed by atoms with Gasteiger partial charge in [-0.15, -0.1) is 0 Å². The molecule has 0 aromatic heterocycles. The second-order valence-electron chi connectivity index (χ2n) is 5.04. The fourth-order valence-corrected chi connectivity index (χ4v) is 2.24. The number of carbonyl (C=O) groups excluding carboxylic acids is 1. The van der Waals surface area contributed by atoms with Gasteiger partial charge in [-0.25, -0.2) is 0 Å². The molecule has 2 N–H and O–H groups in total. The average molecular weight is 360 g/mol. The van der Waals surface area contributed by atoms with Gasteiger partial charge < -0.3 is 10.6 Å². The molecule has 2 rings (SSSR count). The van der Waals surface area contributed by atoms with Gasteiger partial charge in [-0.2, -0.15) is 5.26 Å². The number of halogens is 2. The number of anilines is 1. The summed E-state index contributed by atoms with van der Waals surface area (Å²) in [6, 6.07) is 14.4. The second-order valence-corrected chi connectivity index (χ2v) is 5.88. The van der Waals surface area contributed by atoms with Crippen molar-refractivity contribution in [2.24, 2.45) is 0 Å². The highest BCUT2D eigenvalue weighted by molar-refractivity contribution is 6.31. The number of nitrogens with zero attached hydrogens (tertiary/aromatic N) is 1.